The number of hydrogen-bond acceptors (Lipinski definition) is 2. The van der Waals surface area contributed by atoms with Gasteiger partial charge in [-0.25, -0.2) is 0 Å². The highest BCUT2D eigenvalue weighted by atomic mass is 16.2. The predicted molar refractivity (Wildman–Crippen MR) is 76.8 cm³/mol. The molecule has 104 valence electrons. The van der Waals surface area contributed by atoms with Gasteiger partial charge in [0.15, 0.2) is 0 Å². The van der Waals surface area contributed by atoms with Crippen LogP contribution in [0.25, 0.3) is 0 Å². The Kier molecular flexibility index (Phi) is 3.25. The molecule has 2 aliphatic carbocycles. The van der Waals surface area contributed by atoms with Gasteiger partial charge in [-0.1, -0.05) is 31.2 Å². The second kappa shape index (κ2) is 4.94. The molecule has 1 fully saturated rings. The molecule has 0 bridgehead atoms. The van der Waals surface area contributed by atoms with E-state index in [1.165, 1.54) is 11.1 Å². The summed E-state index contributed by atoms with van der Waals surface area (Å²) in [5.41, 5.74) is 1.97. The standard InChI is InChI=1S/C17H20N2O/c1-12-9-17(10-12,11-18)16(20)19-15-7-6-13-4-2-3-5-14(13)8-15/h2-5,12,15H,6-10H2,1H3,(H,19,20). The number of aryl methyl sites for hydroxylation is 1. The summed E-state index contributed by atoms with van der Waals surface area (Å²) in [6.07, 6.45) is 4.28. The highest BCUT2D eigenvalue weighted by Gasteiger charge is 2.49. The maximum atomic E-state index is 12.4. The molecular formula is C17H20N2O. The van der Waals surface area contributed by atoms with Crippen molar-refractivity contribution in [2.75, 3.05) is 0 Å². The van der Waals surface area contributed by atoms with Crippen LogP contribution in [0.3, 0.4) is 0 Å². The van der Waals surface area contributed by atoms with E-state index in [-0.39, 0.29) is 11.9 Å². The monoisotopic (exact) mass is 268 g/mol. The summed E-state index contributed by atoms with van der Waals surface area (Å²) < 4.78 is 0. The first-order valence-corrected chi connectivity index (χ1v) is 7.42. The fourth-order valence-corrected chi connectivity index (χ4v) is 3.60. The summed E-state index contributed by atoms with van der Waals surface area (Å²) in [6.45, 7) is 2.10. The van der Waals surface area contributed by atoms with Crippen LogP contribution >= 0.6 is 0 Å². The van der Waals surface area contributed by atoms with Crippen LogP contribution in [0.1, 0.15) is 37.3 Å². The third-order valence-electron chi connectivity index (χ3n) is 4.72. The van der Waals surface area contributed by atoms with E-state index >= 15 is 0 Å². The number of fused-ring (bicyclic) bond motifs is 1. The van der Waals surface area contributed by atoms with E-state index in [9.17, 15) is 10.1 Å². The predicted octanol–water partition coefficient (Wildman–Crippen LogP) is 2.60. The highest BCUT2D eigenvalue weighted by Crippen LogP contribution is 2.45. The maximum absolute atomic E-state index is 12.4. The Morgan fingerprint density at radius 1 is 1.35 bits per heavy atom. The summed E-state index contributed by atoms with van der Waals surface area (Å²) >= 11 is 0. The van der Waals surface area contributed by atoms with Gasteiger partial charge in [0.25, 0.3) is 0 Å². The fraction of sp³-hybridized carbons (Fsp3) is 0.529. The van der Waals surface area contributed by atoms with Gasteiger partial charge in [-0.3, -0.25) is 4.79 Å². The first kappa shape index (κ1) is 13.2. The molecule has 1 N–H and O–H groups in total. The van der Waals surface area contributed by atoms with Crippen molar-refractivity contribution in [3.05, 3.63) is 35.4 Å². The molecule has 20 heavy (non-hydrogen) atoms. The minimum atomic E-state index is -0.754. The van der Waals surface area contributed by atoms with Gasteiger partial charge in [-0.15, -0.1) is 0 Å². The Balaban J connectivity index is 1.65. The molecular weight excluding hydrogens is 248 g/mol. The normalized spacial score (nSPS) is 31.6. The van der Waals surface area contributed by atoms with E-state index in [1.807, 2.05) is 6.07 Å². The molecule has 1 amide bonds. The summed E-state index contributed by atoms with van der Waals surface area (Å²) in [5.74, 6) is 0.440. The average Bonchev–Trinajstić information content (AvgIpc) is 2.43. The summed E-state index contributed by atoms with van der Waals surface area (Å²) in [5, 5.41) is 12.4. The molecule has 2 aliphatic rings. The van der Waals surface area contributed by atoms with Crippen LogP contribution in [0, 0.1) is 22.7 Å². The third kappa shape index (κ3) is 2.20. The lowest BCUT2D eigenvalue weighted by molar-refractivity contribution is -0.134. The number of carbonyl (C=O) groups is 1. The maximum Gasteiger partial charge on any atom is 0.240 e. The zero-order valence-corrected chi connectivity index (χ0v) is 11.9. The van der Waals surface area contributed by atoms with Crippen LogP contribution < -0.4 is 5.32 Å². The van der Waals surface area contributed by atoms with Crippen molar-refractivity contribution >= 4 is 5.91 Å². The minimum absolute atomic E-state index is 0.0533. The van der Waals surface area contributed by atoms with Gasteiger partial charge < -0.3 is 5.32 Å². The number of benzene rings is 1. The van der Waals surface area contributed by atoms with Crippen LogP contribution in [0.15, 0.2) is 24.3 Å². The molecule has 0 aromatic heterocycles. The Labute approximate surface area is 120 Å². The Bertz CT molecular complexity index is 567. The molecule has 1 aromatic carbocycles. The van der Waals surface area contributed by atoms with Crippen LogP contribution in [0.4, 0.5) is 0 Å². The number of nitrogens with zero attached hydrogens (tertiary/aromatic N) is 1. The van der Waals surface area contributed by atoms with Gasteiger partial charge in [0, 0.05) is 6.04 Å². The summed E-state index contributed by atoms with van der Waals surface area (Å²) in [7, 11) is 0. The molecule has 3 nitrogen and oxygen atoms in total. The second-order valence-electron chi connectivity index (χ2n) is 6.39. The minimum Gasteiger partial charge on any atom is -0.352 e. The molecule has 1 atom stereocenters. The molecule has 1 unspecified atom stereocenters. The lowest BCUT2D eigenvalue weighted by Gasteiger charge is -2.40. The van der Waals surface area contributed by atoms with Crippen molar-refractivity contribution in [2.45, 2.75) is 45.1 Å². The molecule has 0 aliphatic heterocycles. The lowest BCUT2D eigenvalue weighted by atomic mass is 9.63. The van der Waals surface area contributed by atoms with Crippen molar-refractivity contribution in [3.8, 4) is 6.07 Å². The zero-order valence-electron chi connectivity index (χ0n) is 11.9. The second-order valence-corrected chi connectivity index (χ2v) is 6.39. The largest absolute Gasteiger partial charge is 0.352 e. The molecule has 1 aromatic rings. The van der Waals surface area contributed by atoms with Gasteiger partial charge in [-0.05, 0) is 49.1 Å². The molecule has 1 saturated carbocycles. The van der Waals surface area contributed by atoms with Crippen molar-refractivity contribution in [2.24, 2.45) is 11.3 Å². The molecule has 3 rings (SSSR count). The van der Waals surface area contributed by atoms with E-state index in [0.29, 0.717) is 18.8 Å². The number of amides is 1. The van der Waals surface area contributed by atoms with Crippen molar-refractivity contribution in [1.29, 1.82) is 5.26 Å². The Morgan fingerprint density at radius 2 is 2.05 bits per heavy atom. The van der Waals surface area contributed by atoms with Gasteiger partial charge in [0.1, 0.15) is 5.41 Å². The fourth-order valence-electron chi connectivity index (χ4n) is 3.60. The topological polar surface area (TPSA) is 52.9 Å². The van der Waals surface area contributed by atoms with E-state index in [4.69, 9.17) is 0 Å². The number of nitrogens with one attached hydrogen (secondary N) is 1. The SMILES string of the molecule is CC1CC(C#N)(C(=O)NC2CCc3ccccc3C2)C1. The highest BCUT2D eigenvalue weighted by molar-refractivity contribution is 5.86. The van der Waals surface area contributed by atoms with Gasteiger partial charge in [-0.2, -0.15) is 5.26 Å². The van der Waals surface area contributed by atoms with E-state index in [2.05, 4.69) is 36.5 Å². The van der Waals surface area contributed by atoms with E-state index < -0.39 is 5.41 Å². The number of carbonyl (C=O) groups excluding carboxylic acids is 1. The molecule has 0 radical (unpaired) electrons. The van der Waals surface area contributed by atoms with E-state index in [1.54, 1.807) is 0 Å². The average molecular weight is 268 g/mol. The summed E-state index contributed by atoms with van der Waals surface area (Å²) in [6, 6.07) is 10.8. The van der Waals surface area contributed by atoms with Crippen LogP contribution in [-0.4, -0.2) is 11.9 Å². The van der Waals surface area contributed by atoms with E-state index in [0.717, 1.165) is 19.3 Å². The van der Waals surface area contributed by atoms with Crippen molar-refractivity contribution < 1.29 is 4.79 Å². The first-order valence-electron chi connectivity index (χ1n) is 7.42. The Hall–Kier alpha value is -1.82. The quantitative estimate of drug-likeness (QED) is 0.896. The van der Waals surface area contributed by atoms with Gasteiger partial charge in [0.2, 0.25) is 5.91 Å². The Morgan fingerprint density at radius 3 is 2.70 bits per heavy atom. The van der Waals surface area contributed by atoms with Crippen molar-refractivity contribution in [1.82, 2.24) is 5.32 Å². The van der Waals surface area contributed by atoms with Gasteiger partial charge >= 0.3 is 0 Å². The van der Waals surface area contributed by atoms with Gasteiger partial charge in [0.05, 0.1) is 6.07 Å². The number of hydrogen-bond donors (Lipinski definition) is 1. The molecule has 3 heteroatoms. The summed E-state index contributed by atoms with van der Waals surface area (Å²) in [4.78, 5) is 12.4. The molecule has 0 spiro atoms. The molecule has 0 saturated heterocycles. The van der Waals surface area contributed by atoms with Crippen LogP contribution in [-0.2, 0) is 17.6 Å². The number of nitriles is 1. The van der Waals surface area contributed by atoms with Crippen molar-refractivity contribution in [3.63, 3.8) is 0 Å². The number of rotatable bonds is 2. The third-order valence-corrected chi connectivity index (χ3v) is 4.72. The van der Waals surface area contributed by atoms with Crippen LogP contribution in [0.2, 0.25) is 0 Å². The zero-order chi connectivity index (χ0) is 14.2. The molecule has 0 heterocycles. The smallest absolute Gasteiger partial charge is 0.240 e. The van der Waals surface area contributed by atoms with Crippen LogP contribution in [0.5, 0.6) is 0 Å². The lowest BCUT2D eigenvalue weighted by Crippen LogP contribution is -2.52. The first-order chi connectivity index (χ1) is 9.63.